The van der Waals surface area contributed by atoms with Crippen molar-refractivity contribution in [3.05, 3.63) is 51.9 Å². The van der Waals surface area contributed by atoms with Crippen LogP contribution in [0.15, 0.2) is 24.4 Å². The number of nitrogens with zero attached hydrogens (tertiary/aromatic N) is 2. The number of carbonyl (C=O) groups is 1. The highest BCUT2D eigenvalue weighted by molar-refractivity contribution is 6.31. The van der Waals surface area contributed by atoms with Gasteiger partial charge in [-0.3, -0.25) is 0 Å². The summed E-state index contributed by atoms with van der Waals surface area (Å²) in [7, 11) is 0. The summed E-state index contributed by atoms with van der Waals surface area (Å²) in [5.74, 6) is -1.62. The first-order valence-electron chi connectivity index (χ1n) is 10.3. The van der Waals surface area contributed by atoms with Crippen molar-refractivity contribution in [2.45, 2.75) is 37.8 Å². The van der Waals surface area contributed by atoms with Gasteiger partial charge in [0.15, 0.2) is 0 Å². The Hall–Kier alpha value is -2.55. The van der Waals surface area contributed by atoms with Gasteiger partial charge in [-0.25, -0.2) is 9.37 Å². The zero-order valence-corrected chi connectivity index (χ0v) is 17.7. The summed E-state index contributed by atoms with van der Waals surface area (Å²) in [6, 6.07) is 3.36. The average Bonchev–Trinajstić information content (AvgIpc) is 3.57. The molecule has 0 N–H and O–H groups in total. The van der Waals surface area contributed by atoms with E-state index in [1.165, 1.54) is 6.07 Å². The van der Waals surface area contributed by atoms with Gasteiger partial charge in [0, 0.05) is 30.9 Å². The Kier molecular flexibility index (Phi) is 6.20. The fraction of sp³-hybridized carbons (Fsp3) is 0.455. The molecule has 2 aromatic rings. The monoisotopic (exact) mass is 471 g/mol. The Morgan fingerprint density at radius 3 is 2.47 bits per heavy atom. The number of pyridine rings is 1. The van der Waals surface area contributed by atoms with Crippen molar-refractivity contribution in [3.63, 3.8) is 0 Å². The highest BCUT2D eigenvalue weighted by Gasteiger charge is 2.35. The number of alkyl halides is 3. The molecule has 0 bridgehead atoms. The zero-order valence-electron chi connectivity index (χ0n) is 16.9. The number of rotatable bonds is 6. The van der Waals surface area contributed by atoms with Crippen molar-refractivity contribution in [1.82, 2.24) is 4.98 Å². The van der Waals surface area contributed by atoms with E-state index in [4.69, 9.17) is 16.3 Å². The predicted molar refractivity (Wildman–Crippen MR) is 107 cm³/mol. The fourth-order valence-corrected chi connectivity index (χ4v) is 4.13. The summed E-state index contributed by atoms with van der Waals surface area (Å²) < 4.78 is 59.3. The standard InChI is InChI=1S/C22H21ClF4N2O3/c23-17-10-28-20(8-16(17)22(25,26)27)29-5-3-12(4-6-29)11-32-19-9-18(24)15(21(30)31)7-14(19)13-1-2-13/h7-10,12-13H,1-6,11H2,(H,30,31)/p-1. The molecule has 2 heterocycles. The van der Waals surface area contributed by atoms with Crippen LogP contribution in [0.3, 0.4) is 0 Å². The molecular formula is C22H20ClF4N2O3-. The molecule has 0 radical (unpaired) electrons. The number of hydrogen-bond acceptors (Lipinski definition) is 5. The van der Waals surface area contributed by atoms with Crippen molar-refractivity contribution in [2.75, 3.05) is 24.6 Å². The maximum atomic E-state index is 14.1. The Balaban J connectivity index is 1.38. The number of anilines is 1. The van der Waals surface area contributed by atoms with Crippen LogP contribution >= 0.6 is 11.6 Å². The van der Waals surface area contributed by atoms with E-state index in [1.807, 2.05) is 0 Å². The molecule has 32 heavy (non-hydrogen) atoms. The summed E-state index contributed by atoms with van der Waals surface area (Å²) in [5, 5.41) is 10.7. The number of halogens is 5. The Bertz CT molecular complexity index is 1020. The van der Waals surface area contributed by atoms with E-state index in [0.29, 0.717) is 43.9 Å². The fourth-order valence-electron chi connectivity index (χ4n) is 3.92. The first kappa shape index (κ1) is 22.6. The Morgan fingerprint density at radius 1 is 1.19 bits per heavy atom. The summed E-state index contributed by atoms with van der Waals surface area (Å²) >= 11 is 5.64. The molecule has 1 saturated heterocycles. The highest BCUT2D eigenvalue weighted by Crippen LogP contribution is 2.45. The van der Waals surface area contributed by atoms with Crippen LogP contribution in [0.1, 0.15) is 53.1 Å². The molecule has 1 aliphatic carbocycles. The predicted octanol–water partition coefficient (Wildman–Crippen LogP) is 4.43. The van der Waals surface area contributed by atoms with Gasteiger partial charge in [-0.2, -0.15) is 13.2 Å². The number of piperidine rings is 1. The molecule has 1 saturated carbocycles. The van der Waals surface area contributed by atoms with Crippen LogP contribution in [0.2, 0.25) is 5.02 Å². The van der Waals surface area contributed by atoms with E-state index >= 15 is 0 Å². The van der Waals surface area contributed by atoms with Crippen molar-refractivity contribution in [2.24, 2.45) is 5.92 Å². The van der Waals surface area contributed by atoms with E-state index in [-0.39, 0.29) is 17.7 Å². The zero-order chi connectivity index (χ0) is 23.0. The normalized spacial score (nSPS) is 17.5. The third-order valence-corrected chi connectivity index (χ3v) is 6.20. The van der Waals surface area contributed by atoms with Crippen LogP contribution in [0.25, 0.3) is 0 Å². The summed E-state index contributed by atoms with van der Waals surface area (Å²) in [6.07, 6.45) is -0.448. The molecule has 0 unspecified atom stereocenters. The van der Waals surface area contributed by atoms with Crippen molar-refractivity contribution >= 4 is 23.4 Å². The van der Waals surface area contributed by atoms with E-state index in [0.717, 1.165) is 31.2 Å². The van der Waals surface area contributed by atoms with Crippen LogP contribution < -0.4 is 14.7 Å². The van der Waals surface area contributed by atoms with E-state index in [9.17, 15) is 27.5 Å². The minimum absolute atomic E-state index is 0.122. The second-order valence-corrected chi connectivity index (χ2v) is 8.60. The number of aromatic nitrogens is 1. The first-order valence-corrected chi connectivity index (χ1v) is 10.7. The van der Waals surface area contributed by atoms with Crippen molar-refractivity contribution < 1.29 is 32.2 Å². The number of ether oxygens (including phenoxy) is 1. The Morgan fingerprint density at radius 2 is 1.88 bits per heavy atom. The van der Waals surface area contributed by atoms with Crippen molar-refractivity contribution in [3.8, 4) is 5.75 Å². The lowest BCUT2D eigenvalue weighted by Gasteiger charge is -2.33. The summed E-state index contributed by atoms with van der Waals surface area (Å²) in [4.78, 5) is 16.9. The maximum Gasteiger partial charge on any atom is 0.418 e. The smallest absolute Gasteiger partial charge is 0.418 e. The Labute approximate surface area is 187 Å². The first-order chi connectivity index (χ1) is 15.1. The van der Waals surface area contributed by atoms with E-state index in [1.54, 1.807) is 4.90 Å². The van der Waals surface area contributed by atoms with Gasteiger partial charge in [0.25, 0.3) is 0 Å². The largest absolute Gasteiger partial charge is 0.545 e. The van der Waals surface area contributed by atoms with Gasteiger partial charge in [-0.15, -0.1) is 0 Å². The number of carboxylic acids is 1. The van der Waals surface area contributed by atoms with Crippen LogP contribution in [-0.2, 0) is 6.18 Å². The minimum Gasteiger partial charge on any atom is -0.545 e. The SMILES string of the molecule is O=C([O-])c1cc(C2CC2)c(OCC2CCN(c3cc(C(F)(F)F)c(Cl)cn3)CC2)cc1F. The summed E-state index contributed by atoms with van der Waals surface area (Å²) in [5.41, 5.74) is -0.710. The highest BCUT2D eigenvalue weighted by atomic mass is 35.5. The second-order valence-electron chi connectivity index (χ2n) is 8.19. The third-order valence-electron chi connectivity index (χ3n) is 5.90. The molecule has 2 aliphatic rings. The van der Waals surface area contributed by atoms with Gasteiger partial charge >= 0.3 is 6.18 Å². The topological polar surface area (TPSA) is 65.5 Å². The second kappa shape index (κ2) is 8.77. The molecule has 0 atom stereocenters. The molecule has 1 aliphatic heterocycles. The van der Waals surface area contributed by atoms with Crippen LogP contribution in [0, 0.1) is 11.7 Å². The molecule has 5 nitrogen and oxygen atoms in total. The molecule has 4 rings (SSSR count). The average molecular weight is 472 g/mol. The maximum absolute atomic E-state index is 14.1. The molecule has 2 fully saturated rings. The van der Waals surface area contributed by atoms with Crippen LogP contribution in [-0.4, -0.2) is 30.6 Å². The lowest BCUT2D eigenvalue weighted by Crippen LogP contribution is -2.36. The number of benzene rings is 1. The van der Waals surface area contributed by atoms with Gasteiger partial charge in [0.1, 0.15) is 17.4 Å². The van der Waals surface area contributed by atoms with Crippen LogP contribution in [0.4, 0.5) is 23.4 Å². The quantitative estimate of drug-likeness (QED) is 0.583. The molecule has 0 amide bonds. The molecule has 172 valence electrons. The lowest BCUT2D eigenvalue weighted by atomic mass is 9.97. The number of aromatic carboxylic acids is 1. The molecule has 0 spiro atoms. The molecule has 10 heteroatoms. The summed E-state index contributed by atoms with van der Waals surface area (Å²) in [6.45, 7) is 1.29. The molecule has 1 aromatic heterocycles. The third kappa shape index (κ3) is 4.92. The van der Waals surface area contributed by atoms with Gasteiger partial charge in [0.05, 0.1) is 23.2 Å². The van der Waals surface area contributed by atoms with Crippen LogP contribution in [0.5, 0.6) is 5.75 Å². The number of carboxylic acid groups (broad SMARTS) is 1. The number of carbonyl (C=O) groups excluding carboxylic acids is 1. The van der Waals surface area contributed by atoms with Gasteiger partial charge in [-0.1, -0.05) is 11.6 Å². The van der Waals surface area contributed by atoms with E-state index in [2.05, 4.69) is 4.98 Å². The lowest BCUT2D eigenvalue weighted by molar-refractivity contribution is -0.255. The van der Waals surface area contributed by atoms with Gasteiger partial charge < -0.3 is 19.5 Å². The number of hydrogen-bond donors (Lipinski definition) is 0. The minimum atomic E-state index is -4.55. The molecule has 1 aromatic carbocycles. The van der Waals surface area contributed by atoms with E-state index < -0.39 is 34.1 Å². The molecular weight excluding hydrogens is 452 g/mol. The van der Waals surface area contributed by atoms with Gasteiger partial charge in [0.2, 0.25) is 0 Å². The van der Waals surface area contributed by atoms with Crippen molar-refractivity contribution in [1.29, 1.82) is 0 Å². The van der Waals surface area contributed by atoms with Gasteiger partial charge in [-0.05, 0) is 55.2 Å².